The Hall–Kier alpha value is -2.94. The van der Waals surface area contributed by atoms with Crippen LogP contribution in [0.3, 0.4) is 0 Å². The van der Waals surface area contributed by atoms with Crippen LogP contribution in [0.2, 0.25) is 0 Å². The van der Waals surface area contributed by atoms with Gasteiger partial charge in [-0.15, -0.1) is 10.2 Å². The number of aromatic nitrogens is 5. The van der Waals surface area contributed by atoms with Gasteiger partial charge in [0, 0.05) is 50.7 Å². The van der Waals surface area contributed by atoms with Crippen molar-refractivity contribution in [3.8, 4) is 11.4 Å². The lowest BCUT2D eigenvalue weighted by Gasteiger charge is -2.35. The second-order valence-electron chi connectivity index (χ2n) is 7.54. The summed E-state index contributed by atoms with van der Waals surface area (Å²) in [5, 5.41) is 9.34. The topological polar surface area (TPSA) is 80.0 Å². The molecule has 0 bridgehead atoms. The van der Waals surface area contributed by atoms with Crippen molar-refractivity contribution in [1.82, 2.24) is 29.6 Å². The number of hydrogen-bond donors (Lipinski definition) is 0. The van der Waals surface area contributed by atoms with E-state index >= 15 is 0 Å². The van der Waals surface area contributed by atoms with Crippen molar-refractivity contribution in [2.45, 2.75) is 37.7 Å². The molecular weight excluding hydrogens is 410 g/mol. The van der Waals surface area contributed by atoms with Crippen molar-refractivity contribution in [3.63, 3.8) is 0 Å². The first-order valence-corrected chi connectivity index (χ1v) is 11.4. The van der Waals surface area contributed by atoms with Crippen LogP contribution in [0.5, 0.6) is 0 Å². The van der Waals surface area contributed by atoms with E-state index in [0.717, 1.165) is 42.1 Å². The maximum Gasteiger partial charge on any atom is 0.236 e. The first kappa shape index (κ1) is 21.3. The van der Waals surface area contributed by atoms with Gasteiger partial charge in [0.05, 0.1) is 5.25 Å². The Morgan fingerprint density at radius 1 is 1.10 bits per heavy atom. The SMILES string of the molecule is CCn1c(SC(C)C(=O)N2CCN(c3ncccn3)CC2)nnc1-c1cccc(C)c1. The molecule has 1 amide bonds. The smallest absolute Gasteiger partial charge is 0.236 e. The van der Waals surface area contributed by atoms with Crippen molar-refractivity contribution in [2.24, 2.45) is 0 Å². The van der Waals surface area contributed by atoms with Crippen LogP contribution in [-0.2, 0) is 11.3 Å². The molecule has 1 aliphatic rings. The van der Waals surface area contributed by atoms with Crippen LogP contribution in [0.1, 0.15) is 19.4 Å². The van der Waals surface area contributed by atoms with Crippen LogP contribution in [0.4, 0.5) is 5.95 Å². The summed E-state index contributed by atoms with van der Waals surface area (Å²) in [7, 11) is 0. The van der Waals surface area contributed by atoms with Gasteiger partial charge in [-0.1, -0.05) is 35.5 Å². The van der Waals surface area contributed by atoms with E-state index in [-0.39, 0.29) is 11.2 Å². The maximum absolute atomic E-state index is 13.1. The molecule has 0 saturated carbocycles. The third-order valence-corrected chi connectivity index (χ3v) is 6.43. The van der Waals surface area contributed by atoms with Crippen molar-refractivity contribution in [2.75, 3.05) is 31.1 Å². The fraction of sp³-hybridized carbons (Fsp3) is 0.409. The summed E-state index contributed by atoms with van der Waals surface area (Å²) in [6.07, 6.45) is 3.49. The van der Waals surface area contributed by atoms with Crippen LogP contribution < -0.4 is 4.90 Å². The van der Waals surface area contributed by atoms with Gasteiger partial charge in [-0.3, -0.25) is 4.79 Å². The van der Waals surface area contributed by atoms with Crippen LogP contribution in [-0.4, -0.2) is 67.0 Å². The highest BCUT2D eigenvalue weighted by atomic mass is 32.2. The van der Waals surface area contributed by atoms with Crippen molar-refractivity contribution < 1.29 is 4.79 Å². The number of piperazine rings is 1. The van der Waals surface area contributed by atoms with Gasteiger partial charge in [-0.25, -0.2) is 9.97 Å². The molecule has 9 heteroatoms. The molecule has 8 nitrogen and oxygen atoms in total. The van der Waals surface area contributed by atoms with E-state index in [1.165, 1.54) is 17.3 Å². The molecule has 0 spiro atoms. The molecule has 4 rings (SSSR count). The summed E-state index contributed by atoms with van der Waals surface area (Å²) in [6, 6.07) is 10.0. The quantitative estimate of drug-likeness (QED) is 0.549. The number of amides is 1. The summed E-state index contributed by atoms with van der Waals surface area (Å²) in [5.41, 5.74) is 2.22. The van der Waals surface area contributed by atoms with Gasteiger partial charge in [0.25, 0.3) is 0 Å². The number of carbonyl (C=O) groups excluding carboxylic acids is 1. The molecule has 1 unspecified atom stereocenters. The Kier molecular flexibility index (Phi) is 6.50. The average molecular weight is 438 g/mol. The number of carbonyl (C=O) groups is 1. The van der Waals surface area contributed by atoms with E-state index in [0.29, 0.717) is 13.1 Å². The molecule has 31 heavy (non-hydrogen) atoms. The third-order valence-electron chi connectivity index (χ3n) is 5.37. The Labute approximate surface area is 186 Å². The summed E-state index contributed by atoms with van der Waals surface area (Å²) in [5.74, 6) is 1.68. The standard InChI is InChI=1S/C22H27N7OS/c1-4-29-19(18-8-5-7-16(2)15-18)25-26-22(29)31-17(3)20(30)27-11-13-28(14-12-27)21-23-9-6-10-24-21/h5-10,15,17H,4,11-14H2,1-3H3. The highest BCUT2D eigenvalue weighted by Gasteiger charge is 2.28. The number of anilines is 1. The summed E-state index contributed by atoms with van der Waals surface area (Å²) >= 11 is 1.47. The van der Waals surface area contributed by atoms with Crippen LogP contribution in [0.15, 0.2) is 47.9 Å². The zero-order valence-corrected chi connectivity index (χ0v) is 18.9. The van der Waals surface area contributed by atoms with Gasteiger partial charge in [-0.05, 0) is 32.9 Å². The highest BCUT2D eigenvalue weighted by molar-refractivity contribution is 8.00. The molecule has 3 aromatic rings. The lowest BCUT2D eigenvalue weighted by Crippen LogP contribution is -2.51. The van der Waals surface area contributed by atoms with Gasteiger partial charge >= 0.3 is 0 Å². The minimum Gasteiger partial charge on any atom is -0.338 e. The maximum atomic E-state index is 13.1. The van der Waals surface area contributed by atoms with Gasteiger partial charge < -0.3 is 14.4 Å². The van der Waals surface area contributed by atoms with Crippen molar-refractivity contribution >= 4 is 23.6 Å². The van der Waals surface area contributed by atoms with E-state index in [9.17, 15) is 4.79 Å². The summed E-state index contributed by atoms with van der Waals surface area (Å²) in [6.45, 7) is 9.62. The molecule has 2 aromatic heterocycles. The van der Waals surface area contributed by atoms with Gasteiger partial charge in [-0.2, -0.15) is 0 Å². The molecule has 0 N–H and O–H groups in total. The van der Waals surface area contributed by atoms with E-state index in [4.69, 9.17) is 0 Å². The summed E-state index contributed by atoms with van der Waals surface area (Å²) in [4.78, 5) is 25.7. The first-order chi connectivity index (χ1) is 15.1. The molecule has 3 heterocycles. The predicted octanol–water partition coefficient (Wildman–Crippen LogP) is 2.89. The lowest BCUT2D eigenvalue weighted by molar-refractivity contribution is -0.130. The number of nitrogens with zero attached hydrogens (tertiary/aromatic N) is 7. The van der Waals surface area contributed by atoms with E-state index in [2.05, 4.69) is 55.6 Å². The lowest BCUT2D eigenvalue weighted by atomic mass is 10.1. The number of aryl methyl sites for hydroxylation is 1. The highest BCUT2D eigenvalue weighted by Crippen LogP contribution is 2.28. The van der Waals surface area contributed by atoms with E-state index in [1.54, 1.807) is 12.4 Å². The predicted molar refractivity (Wildman–Crippen MR) is 122 cm³/mol. The Morgan fingerprint density at radius 3 is 2.52 bits per heavy atom. The number of thioether (sulfide) groups is 1. The zero-order valence-electron chi connectivity index (χ0n) is 18.1. The fourth-order valence-corrected chi connectivity index (χ4v) is 4.70. The number of rotatable bonds is 6. The fourth-order valence-electron chi connectivity index (χ4n) is 3.71. The average Bonchev–Trinajstić information content (AvgIpc) is 3.21. The molecule has 162 valence electrons. The Bertz CT molecular complexity index is 1030. The number of hydrogen-bond acceptors (Lipinski definition) is 7. The molecule has 1 aromatic carbocycles. The van der Waals surface area contributed by atoms with E-state index < -0.39 is 0 Å². The molecule has 1 atom stereocenters. The van der Waals surface area contributed by atoms with Crippen LogP contribution >= 0.6 is 11.8 Å². The monoisotopic (exact) mass is 437 g/mol. The van der Waals surface area contributed by atoms with Gasteiger partial charge in [0.2, 0.25) is 11.9 Å². The largest absolute Gasteiger partial charge is 0.338 e. The molecule has 1 fully saturated rings. The normalized spacial score (nSPS) is 15.2. The van der Waals surface area contributed by atoms with Crippen molar-refractivity contribution in [1.29, 1.82) is 0 Å². The molecule has 1 saturated heterocycles. The van der Waals surface area contributed by atoms with E-state index in [1.807, 2.05) is 30.0 Å². The second-order valence-corrected chi connectivity index (χ2v) is 8.85. The van der Waals surface area contributed by atoms with Gasteiger partial charge in [0.15, 0.2) is 11.0 Å². The number of benzene rings is 1. The molecule has 0 aliphatic carbocycles. The Morgan fingerprint density at radius 2 is 1.84 bits per heavy atom. The third kappa shape index (κ3) is 4.71. The first-order valence-electron chi connectivity index (χ1n) is 10.5. The molecule has 0 radical (unpaired) electrons. The zero-order chi connectivity index (χ0) is 21.8. The minimum absolute atomic E-state index is 0.126. The minimum atomic E-state index is -0.237. The van der Waals surface area contributed by atoms with Gasteiger partial charge in [0.1, 0.15) is 0 Å². The van der Waals surface area contributed by atoms with Crippen molar-refractivity contribution in [3.05, 3.63) is 48.3 Å². The second kappa shape index (κ2) is 9.47. The summed E-state index contributed by atoms with van der Waals surface area (Å²) < 4.78 is 2.08. The van der Waals surface area contributed by atoms with Crippen LogP contribution in [0.25, 0.3) is 11.4 Å². The molecule has 1 aliphatic heterocycles. The van der Waals surface area contributed by atoms with Crippen LogP contribution in [0, 0.1) is 6.92 Å². The Balaban J connectivity index is 1.40. The molecular formula is C22H27N7OS.